The van der Waals surface area contributed by atoms with Crippen molar-refractivity contribution in [1.29, 1.82) is 0 Å². The van der Waals surface area contributed by atoms with E-state index >= 15 is 0 Å². The molecule has 0 aliphatic heterocycles. The number of carbonyl (C=O) groups is 1. The Labute approximate surface area is 200 Å². The highest BCUT2D eigenvalue weighted by atomic mass is 16.5. The Morgan fingerprint density at radius 2 is 1.79 bits per heavy atom. The van der Waals surface area contributed by atoms with Gasteiger partial charge < -0.3 is 20.1 Å². The molecular weight excluding hydrogens is 424 g/mol. The van der Waals surface area contributed by atoms with Gasteiger partial charge in [0.2, 0.25) is 0 Å². The van der Waals surface area contributed by atoms with Crippen LogP contribution in [0.3, 0.4) is 0 Å². The molecule has 0 saturated carbocycles. The average Bonchev–Trinajstić information content (AvgIpc) is 3.24. The van der Waals surface area contributed by atoms with Crippen molar-refractivity contribution in [2.24, 2.45) is 0 Å². The summed E-state index contributed by atoms with van der Waals surface area (Å²) in [6, 6.07) is 19.7. The molecule has 1 unspecified atom stereocenters. The second-order valence-electron chi connectivity index (χ2n) is 8.85. The van der Waals surface area contributed by atoms with Crippen molar-refractivity contribution < 1.29 is 14.6 Å². The Hall–Kier alpha value is -3.57. The first kappa shape index (κ1) is 23.6. The van der Waals surface area contributed by atoms with E-state index in [0.717, 1.165) is 34.0 Å². The fourth-order valence-corrected chi connectivity index (χ4v) is 4.36. The fraction of sp³-hybridized carbons (Fsp3) is 0.276. The van der Waals surface area contributed by atoms with E-state index in [1.165, 1.54) is 11.1 Å². The highest BCUT2D eigenvalue weighted by molar-refractivity contribution is 5.98. The molecule has 1 heterocycles. The van der Waals surface area contributed by atoms with Gasteiger partial charge in [-0.25, -0.2) is 0 Å². The van der Waals surface area contributed by atoms with Gasteiger partial charge in [-0.05, 0) is 61.6 Å². The number of benzene rings is 3. The Kier molecular flexibility index (Phi) is 7.33. The van der Waals surface area contributed by atoms with Gasteiger partial charge in [0, 0.05) is 17.1 Å². The smallest absolute Gasteiger partial charge is 0.255 e. The molecule has 3 N–H and O–H groups in total. The molecule has 0 spiro atoms. The van der Waals surface area contributed by atoms with E-state index in [1.807, 2.05) is 55.6 Å². The van der Waals surface area contributed by atoms with Crippen molar-refractivity contribution in [1.82, 2.24) is 10.3 Å². The molecule has 176 valence electrons. The van der Waals surface area contributed by atoms with Crippen molar-refractivity contribution in [3.8, 4) is 16.9 Å². The third kappa shape index (κ3) is 5.32. The molecule has 0 fully saturated rings. The van der Waals surface area contributed by atoms with Crippen LogP contribution in [0, 0.1) is 13.8 Å². The minimum Gasteiger partial charge on any atom is -0.493 e. The molecule has 5 heteroatoms. The monoisotopic (exact) mass is 456 g/mol. The van der Waals surface area contributed by atoms with Gasteiger partial charge in [0.1, 0.15) is 5.75 Å². The summed E-state index contributed by atoms with van der Waals surface area (Å²) in [5, 5.41) is 14.2. The Morgan fingerprint density at radius 1 is 1.03 bits per heavy atom. The normalized spacial score (nSPS) is 12.0. The van der Waals surface area contributed by atoms with Crippen LogP contribution in [0.4, 0.5) is 0 Å². The molecule has 0 bridgehead atoms. The number of amides is 1. The number of aromatic nitrogens is 1. The van der Waals surface area contributed by atoms with E-state index in [1.54, 1.807) is 0 Å². The van der Waals surface area contributed by atoms with Gasteiger partial charge in [0.15, 0.2) is 0 Å². The van der Waals surface area contributed by atoms with Gasteiger partial charge in [-0.2, -0.15) is 0 Å². The van der Waals surface area contributed by atoms with Crippen LogP contribution in [0.2, 0.25) is 0 Å². The van der Waals surface area contributed by atoms with Crippen LogP contribution >= 0.6 is 0 Å². The number of nitrogens with one attached hydrogen (secondary N) is 2. The number of hydrogen-bond donors (Lipinski definition) is 3. The van der Waals surface area contributed by atoms with Crippen LogP contribution in [0.25, 0.3) is 22.0 Å². The lowest BCUT2D eigenvalue weighted by Gasteiger charge is -2.18. The quantitative estimate of drug-likeness (QED) is 0.308. The summed E-state index contributed by atoms with van der Waals surface area (Å²) in [6.45, 7) is 6.54. The van der Waals surface area contributed by atoms with Crippen molar-refractivity contribution in [3.63, 3.8) is 0 Å². The Bertz CT molecular complexity index is 1270. The number of aliphatic hydroxyl groups is 1. The maximum atomic E-state index is 13.4. The summed E-state index contributed by atoms with van der Waals surface area (Å²) in [5.41, 5.74) is 6.93. The third-order valence-corrected chi connectivity index (χ3v) is 5.94. The highest BCUT2D eigenvalue weighted by Crippen LogP contribution is 2.29. The maximum absolute atomic E-state index is 13.4. The number of para-hydroxylation sites is 1. The predicted molar refractivity (Wildman–Crippen MR) is 137 cm³/mol. The van der Waals surface area contributed by atoms with E-state index in [0.29, 0.717) is 24.3 Å². The third-order valence-electron chi connectivity index (χ3n) is 5.94. The lowest BCUT2D eigenvalue weighted by Crippen LogP contribution is -2.39. The maximum Gasteiger partial charge on any atom is 0.255 e. The predicted octanol–water partition coefficient (Wildman–Crippen LogP) is 5.57. The van der Waals surface area contributed by atoms with Gasteiger partial charge in [0.25, 0.3) is 5.91 Å². The second-order valence-corrected chi connectivity index (χ2v) is 8.85. The lowest BCUT2D eigenvalue weighted by atomic mass is 9.98. The minimum absolute atomic E-state index is 0.160. The number of aromatic amines is 1. The first-order valence-electron chi connectivity index (χ1n) is 11.8. The summed E-state index contributed by atoms with van der Waals surface area (Å²) >= 11 is 0. The summed E-state index contributed by atoms with van der Waals surface area (Å²) in [5.74, 6) is 0.299. The molecule has 1 aromatic heterocycles. The van der Waals surface area contributed by atoms with Crippen LogP contribution in [0.1, 0.15) is 40.4 Å². The molecule has 1 amide bonds. The SMILES string of the molecule is CCCOc1ccc(-c2cc(C)cc(C)c2)cc1C(=O)NC(CO)Cc1c[nH]c2ccccc12. The number of carbonyl (C=O) groups excluding carboxylic acids is 1. The largest absolute Gasteiger partial charge is 0.493 e. The molecule has 1 atom stereocenters. The summed E-state index contributed by atoms with van der Waals surface area (Å²) < 4.78 is 5.90. The van der Waals surface area contributed by atoms with Gasteiger partial charge in [-0.15, -0.1) is 0 Å². The van der Waals surface area contributed by atoms with E-state index in [-0.39, 0.29) is 12.5 Å². The number of aryl methyl sites for hydroxylation is 2. The Balaban J connectivity index is 1.61. The van der Waals surface area contributed by atoms with Crippen LogP contribution in [0.15, 0.2) is 66.9 Å². The molecule has 4 aromatic rings. The topological polar surface area (TPSA) is 74.3 Å². The average molecular weight is 457 g/mol. The minimum atomic E-state index is -0.421. The van der Waals surface area contributed by atoms with E-state index in [9.17, 15) is 9.90 Å². The van der Waals surface area contributed by atoms with Crippen molar-refractivity contribution in [2.45, 2.75) is 39.7 Å². The molecule has 4 rings (SSSR count). The zero-order chi connectivity index (χ0) is 24.1. The standard InChI is InChI=1S/C29H32N2O3/c1-4-11-34-28-10-9-21(22-13-19(2)12-20(3)14-22)16-26(28)29(33)31-24(18-32)15-23-17-30-27-8-6-5-7-25(23)27/h5-10,12-14,16-17,24,30,32H,4,11,15,18H2,1-3H3,(H,31,33). The lowest BCUT2D eigenvalue weighted by molar-refractivity contribution is 0.0912. The molecule has 34 heavy (non-hydrogen) atoms. The van der Waals surface area contributed by atoms with Gasteiger partial charge >= 0.3 is 0 Å². The molecule has 0 aliphatic carbocycles. The second kappa shape index (κ2) is 10.6. The van der Waals surface area contributed by atoms with Crippen LogP contribution in [0.5, 0.6) is 5.75 Å². The first-order chi connectivity index (χ1) is 16.5. The molecule has 0 radical (unpaired) electrons. The number of fused-ring (bicyclic) bond motifs is 1. The number of H-pyrrole nitrogens is 1. The van der Waals surface area contributed by atoms with Crippen LogP contribution < -0.4 is 10.1 Å². The van der Waals surface area contributed by atoms with Crippen molar-refractivity contribution in [3.05, 3.63) is 89.1 Å². The number of rotatable bonds is 9. The molecular formula is C29H32N2O3. The Morgan fingerprint density at radius 3 is 2.53 bits per heavy atom. The molecule has 3 aromatic carbocycles. The molecule has 5 nitrogen and oxygen atoms in total. The first-order valence-corrected chi connectivity index (χ1v) is 11.8. The zero-order valence-electron chi connectivity index (χ0n) is 20.0. The van der Waals surface area contributed by atoms with Crippen LogP contribution in [-0.2, 0) is 6.42 Å². The van der Waals surface area contributed by atoms with Crippen molar-refractivity contribution in [2.75, 3.05) is 13.2 Å². The van der Waals surface area contributed by atoms with Gasteiger partial charge in [-0.1, -0.05) is 60.5 Å². The summed E-state index contributed by atoms with van der Waals surface area (Å²) in [7, 11) is 0. The van der Waals surface area contributed by atoms with E-state index in [4.69, 9.17) is 4.74 Å². The number of aliphatic hydroxyl groups excluding tert-OH is 1. The molecule has 0 aliphatic rings. The number of ether oxygens (including phenoxy) is 1. The molecule has 0 saturated heterocycles. The summed E-state index contributed by atoms with van der Waals surface area (Å²) in [4.78, 5) is 16.7. The van der Waals surface area contributed by atoms with Gasteiger partial charge in [0.05, 0.1) is 24.8 Å². The number of hydrogen-bond acceptors (Lipinski definition) is 3. The summed E-state index contributed by atoms with van der Waals surface area (Å²) in [6.07, 6.45) is 3.31. The fourth-order valence-electron chi connectivity index (χ4n) is 4.36. The van der Waals surface area contributed by atoms with Crippen LogP contribution in [-0.4, -0.2) is 35.3 Å². The highest BCUT2D eigenvalue weighted by Gasteiger charge is 2.19. The van der Waals surface area contributed by atoms with E-state index < -0.39 is 6.04 Å². The zero-order valence-corrected chi connectivity index (χ0v) is 20.0. The van der Waals surface area contributed by atoms with E-state index in [2.05, 4.69) is 42.3 Å². The van der Waals surface area contributed by atoms with Crippen molar-refractivity contribution >= 4 is 16.8 Å². The van der Waals surface area contributed by atoms with Gasteiger partial charge in [-0.3, -0.25) is 4.79 Å².